The van der Waals surface area contributed by atoms with Gasteiger partial charge in [-0.05, 0) is 29.3 Å². The highest BCUT2D eigenvalue weighted by Gasteiger charge is 2.19. The Labute approximate surface area is 182 Å². The zero-order valence-electron chi connectivity index (χ0n) is 16.8. The highest BCUT2D eigenvalue weighted by Crippen LogP contribution is 2.13. The second-order valence-corrected chi connectivity index (χ2v) is 7.95. The Bertz CT molecular complexity index is 990. The van der Waals surface area contributed by atoms with Crippen LogP contribution in [0.25, 0.3) is 6.08 Å². The highest BCUT2D eigenvalue weighted by molar-refractivity contribution is 6.30. The summed E-state index contributed by atoms with van der Waals surface area (Å²) in [5, 5.41) is 5.14. The second-order valence-electron chi connectivity index (χ2n) is 7.52. The molecular formula is C24H25ClN4O. The van der Waals surface area contributed by atoms with E-state index in [1.54, 1.807) is 12.3 Å². The van der Waals surface area contributed by atoms with Crippen LogP contribution in [0.4, 0.5) is 0 Å². The summed E-state index contributed by atoms with van der Waals surface area (Å²) in [7, 11) is 0. The standard InChI is InChI=1S/C24H25ClN4O/c25-23-9-6-21(7-10-23)17-27-12-14-28(15-13-27)24(30)11-8-22-16-26-29(19-22)18-20-4-2-1-3-5-20/h1-11,16,19H,12-15,17-18H2/b11-8+. The van der Waals surface area contributed by atoms with Gasteiger partial charge in [-0.2, -0.15) is 5.10 Å². The van der Waals surface area contributed by atoms with Gasteiger partial charge in [-0.25, -0.2) is 0 Å². The number of nitrogens with zero attached hydrogens (tertiary/aromatic N) is 4. The molecule has 1 saturated heterocycles. The molecule has 1 amide bonds. The summed E-state index contributed by atoms with van der Waals surface area (Å²) in [4.78, 5) is 16.8. The van der Waals surface area contributed by atoms with Crippen molar-refractivity contribution in [2.45, 2.75) is 13.1 Å². The average molecular weight is 421 g/mol. The van der Waals surface area contributed by atoms with Gasteiger partial charge in [-0.15, -0.1) is 0 Å². The molecule has 6 heteroatoms. The van der Waals surface area contributed by atoms with Gasteiger partial charge in [0.2, 0.25) is 5.91 Å². The van der Waals surface area contributed by atoms with Crippen LogP contribution in [0.15, 0.2) is 73.1 Å². The summed E-state index contributed by atoms with van der Waals surface area (Å²) in [6.07, 6.45) is 7.24. The summed E-state index contributed by atoms with van der Waals surface area (Å²) in [5.41, 5.74) is 3.37. The maximum atomic E-state index is 12.6. The number of carbonyl (C=O) groups is 1. The number of halogens is 1. The van der Waals surface area contributed by atoms with Crippen molar-refractivity contribution in [2.24, 2.45) is 0 Å². The van der Waals surface area contributed by atoms with E-state index >= 15 is 0 Å². The third-order valence-electron chi connectivity index (χ3n) is 5.26. The molecular weight excluding hydrogens is 396 g/mol. The summed E-state index contributed by atoms with van der Waals surface area (Å²) in [6, 6.07) is 18.2. The number of rotatable bonds is 6. The van der Waals surface area contributed by atoms with E-state index in [1.165, 1.54) is 11.1 Å². The van der Waals surface area contributed by atoms with Crippen molar-refractivity contribution in [3.8, 4) is 0 Å². The van der Waals surface area contributed by atoms with E-state index in [1.807, 2.05) is 52.2 Å². The van der Waals surface area contributed by atoms with E-state index in [0.717, 1.165) is 49.9 Å². The summed E-state index contributed by atoms with van der Waals surface area (Å²) >= 11 is 5.95. The van der Waals surface area contributed by atoms with Crippen LogP contribution < -0.4 is 0 Å². The molecule has 2 aromatic carbocycles. The fourth-order valence-electron chi connectivity index (χ4n) is 3.57. The number of carbonyl (C=O) groups excluding carboxylic acids is 1. The monoisotopic (exact) mass is 420 g/mol. The molecule has 1 aliphatic heterocycles. The van der Waals surface area contributed by atoms with Gasteiger partial charge in [0, 0.05) is 55.6 Å². The minimum absolute atomic E-state index is 0.0527. The topological polar surface area (TPSA) is 41.4 Å². The van der Waals surface area contributed by atoms with Crippen LogP contribution in [-0.2, 0) is 17.9 Å². The van der Waals surface area contributed by atoms with Crippen LogP contribution in [0.2, 0.25) is 5.02 Å². The normalized spacial score (nSPS) is 15.0. The molecule has 30 heavy (non-hydrogen) atoms. The maximum absolute atomic E-state index is 12.6. The Morgan fingerprint density at radius 1 is 0.933 bits per heavy atom. The van der Waals surface area contributed by atoms with E-state index in [9.17, 15) is 4.79 Å². The first-order valence-electron chi connectivity index (χ1n) is 10.2. The number of hydrogen-bond donors (Lipinski definition) is 0. The fourth-order valence-corrected chi connectivity index (χ4v) is 3.70. The Balaban J connectivity index is 1.25. The lowest BCUT2D eigenvalue weighted by molar-refractivity contribution is -0.127. The Morgan fingerprint density at radius 2 is 1.63 bits per heavy atom. The molecule has 4 rings (SSSR count). The number of hydrogen-bond acceptors (Lipinski definition) is 3. The predicted octanol–water partition coefficient (Wildman–Crippen LogP) is 3.94. The molecule has 0 aliphatic carbocycles. The lowest BCUT2D eigenvalue weighted by atomic mass is 10.2. The van der Waals surface area contributed by atoms with Crippen molar-refractivity contribution in [1.29, 1.82) is 0 Å². The Kier molecular flexibility index (Phi) is 6.62. The zero-order valence-corrected chi connectivity index (χ0v) is 17.6. The molecule has 0 unspecified atom stereocenters. The van der Waals surface area contributed by atoms with Gasteiger partial charge in [-0.1, -0.05) is 54.1 Å². The third-order valence-corrected chi connectivity index (χ3v) is 5.51. The Hall–Kier alpha value is -2.89. The van der Waals surface area contributed by atoms with Crippen LogP contribution in [0.3, 0.4) is 0 Å². The maximum Gasteiger partial charge on any atom is 0.246 e. The lowest BCUT2D eigenvalue weighted by Crippen LogP contribution is -2.47. The SMILES string of the molecule is O=C(/C=C/c1cnn(Cc2ccccc2)c1)N1CCN(Cc2ccc(Cl)cc2)CC1. The van der Waals surface area contributed by atoms with Gasteiger partial charge in [0.25, 0.3) is 0 Å². The largest absolute Gasteiger partial charge is 0.337 e. The summed E-state index contributed by atoms with van der Waals surface area (Å²) < 4.78 is 1.88. The molecule has 0 saturated carbocycles. The van der Waals surface area contributed by atoms with E-state index < -0.39 is 0 Å². The average Bonchev–Trinajstić information content (AvgIpc) is 3.22. The smallest absolute Gasteiger partial charge is 0.246 e. The molecule has 1 fully saturated rings. The predicted molar refractivity (Wildman–Crippen MR) is 120 cm³/mol. The van der Waals surface area contributed by atoms with E-state index in [4.69, 9.17) is 11.6 Å². The van der Waals surface area contributed by atoms with Gasteiger partial charge in [0.05, 0.1) is 12.7 Å². The first kappa shape index (κ1) is 20.4. The number of amides is 1. The molecule has 2 heterocycles. The van der Waals surface area contributed by atoms with Gasteiger partial charge >= 0.3 is 0 Å². The number of benzene rings is 2. The molecule has 0 spiro atoms. The first-order chi connectivity index (χ1) is 14.7. The fraction of sp³-hybridized carbons (Fsp3) is 0.250. The van der Waals surface area contributed by atoms with Crippen molar-refractivity contribution in [3.05, 3.63) is 94.8 Å². The van der Waals surface area contributed by atoms with Gasteiger partial charge in [0.15, 0.2) is 0 Å². The number of aromatic nitrogens is 2. The van der Waals surface area contributed by atoms with Gasteiger partial charge < -0.3 is 4.90 Å². The van der Waals surface area contributed by atoms with Gasteiger partial charge in [0.1, 0.15) is 0 Å². The molecule has 5 nitrogen and oxygen atoms in total. The highest BCUT2D eigenvalue weighted by atomic mass is 35.5. The molecule has 0 bridgehead atoms. The van der Waals surface area contributed by atoms with Crippen molar-refractivity contribution in [2.75, 3.05) is 26.2 Å². The van der Waals surface area contributed by atoms with Crippen molar-refractivity contribution in [3.63, 3.8) is 0 Å². The van der Waals surface area contributed by atoms with Crippen molar-refractivity contribution < 1.29 is 4.79 Å². The number of piperazine rings is 1. The van der Waals surface area contributed by atoms with Crippen molar-refractivity contribution in [1.82, 2.24) is 19.6 Å². The van der Waals surface area contributed by atoms with Crippen LogP contribution in [-0.4, -0.2) is 51.7 Å². The quantitative estimate of drug-likeness (QED) is 0.567. The molecule has 0 atom stereocenters. The molecule has 1 aliphatic rings. The molecule has 0 N–H and O–H groups in total. The van der Waals surface area contributed by atoms with Gasteiger partial charge in [-0.3, -0.25) is 14.4 Å². The lowest BCUT2D eigenvalue weighted by Gasteiger charge is -2.34. The second kappa shape index (κ2) is 9.74. The molecule has 0 radical (unpaired) electrons. The first-order valence-corrected chi connectivity index (χ1v) is 10.5. The summed E-state index contributed by atoms with van der Waals surface area (Å²) in [5.74, 6) is 0.0527. The molecule has 3 aromatic rings. The molecule has 1 aromatic heterocycles. The van der Waals surface area contributed by atoms with E-state index in [-0.39, 0.29) is 5.91 Å². The van der Waals surface area contributed by atoms with Crippen LogP contribution >= 0.6 is 11.6 Å². The third kappa shape index (κ3) is 5.59. The molecule has 154 valence electrons. The zero-order chi connectivity index (χ0) is 20.8. The minimum Gasteiger partial charge on any atom is -0.337 e. The summed E-state index contributed by atoms with van der Waals surface area (Å²) in [6.45, 7) is 4.83. The van der Waals surface area contributed by atoms with E-state index in [0.29, 0.717) is 0 Å². The Morgan fingerprint density at radius 3 is 2.37 bits per heavy atom. The van der Waals surface area contributed by atoms with E-state index in [2.05, 4.69) is 34.3 Å². The van der Waals surface area contributed by atoms with Crippen molar-refractivity contribution >= 4 is 23.6 Å². The van der Waals surface area contributed by atoms with Crippen LogP contribution in [0, 0.1) is 0 Å². The van der Waals surface area contributed by atoms with Crippen LogP contribution in [0.5, 0.6) is 0 Å². The van der Waals surface area contributed by atoms with Crippen LogP contribution in [0.1, 0.15) is 16.7 Å². The minimum atomic E-state index is 0.0527.